The van der Waals surface area contributed by atoms with Crippen LogP contribution >= 0.6 is 0 Å². The molecule has 1 amide bonds. The van der Waals surface area contributed by atoms with E-state index in [9.17, 15) is 9.18 Å². The van der Waals surface area contributed by atoms with E-state index in [1.165, 1.54) is 12.1 Å². The Morgan fingerprint density at radius 2 is 2.19 bits per heavy atom. The number of aromatic amines is 1. The Bertz CT molecular complexity index is 558. The first-order valence-electron chi connectivity index (χ1n) is 6.56. The van der Waals surface area contributed by atoms with Gasteiger partial charge in [0.05, 0.1) is 12.6 Å². The molecule has 0 radical (unpaired) electrons. The zero-order valence-electron chi connectivity index (χ0n) is 11.5. The third-order valence-corrected chi connectivity index (χ3v) is 2.76. The third-order valence-electron chi connectivity index (χ3n) is 2.76. The highest BCUT2D eigenvalue weighted by molar-refractivity contribution is 5.76. The van der Waals surface area contributed by atoms with Gasteiger partial charge < -0.3 is 10.1 Å². The van der Waals surface area contributed by atoms with Gasteiger partial charge in [0.2, 0.25) is 5.91 Å². The summed E-state index contributed by atoms with van der Waals surface area (Å²) in [5, 5.41) is 16.1. The third kappa shape index (κ3) is 4.83. The van der Waals surface area contributed by atoms with E-state index in [4.69, 9.17) is 4.74 Å². The number of carbonyl (C=O) groups excluding carboxylic acids is 1. The van der Waals surface area contributed by atoms with E-state index in [2.05, 4.69) is 25.9 Å². The van der Waals surface area contributed by atoms with E-state index in [1.807, 2.05) is 0 Å². The van der Waals surface area contributed by atoms with E-state index < -0.39 is 0 Å². The van der Waals surface area contributed by atoms with E-state index >= 15 is 0 Å². The number of nitrogens with one attached hydrogen (secondary N) is 2. The average Bonchev–Trinajstić information content (AvgIpc) is 3.00. The minimum atomic E-state index is -0.308. The van der Waals surface area contributed by atoms with Gasteiger partial charge in [-0.25, -0.2) is 4.39 Å². The van der Waals surface area contributed by atoms with Crippen molar-refractivity contribution in [3.05, 3.63) is 35.9 Å². The summed E-state index contributed by atoms with van der Waals surface area (Å²) >= 11 is 0. The van der Waals surface area contributed by atoms with Crippen molar-refractivity contribution >= 4 is 5.91 Å². The first-order valence-corrected chi connectivity index (χ1v) is 6.56. The van der Waals surface area contributed by atoms with Gasteiger partial charge >= 0.3 is 0 Å². The number of halogens is 1. The van der Waals surface area contributed by atoms with Gasteiger partial charge in [0.25, 0.3) is 0 Å². The minimum Gasteiger partial charge on any atom is -0.494 e. The number of carbonyl (C=O) groups is 1. The van der Waals surface area contributed by atoms with Gasteiger partial charge in [0.15, 0.2) is 5.82 Å². The van der Waals surface area contributed by atoms with Gasteiger partial charge in [-0.2, -0.15) is 5.21 Å². The summed E-state index contributed by atoms with van der Waals surface area (Å²) in [6, 6.07) is 5.46. The Balaban J connectivity index is 1.64. The number of ether oxygens (including phenoxy) is 1. The SMILES string of the molecule is CC(NC(=O)CCCOc1ccc(F)cc1)c1nn[nH]n1. The lowest BCUT2D eigenvalue weighted by molar-refractivity contribution is -0.122. The van der Waals surface area contributed by atoms with Gasteiger partial charge in [-0.05, 0) is 37.6 Å². The summed E-state index contributed by atoms with van der Waals surface area (Å²) < 4.78 is 18.1. The van der Waals surface area contributed by atoms with Crippen molar-refractivity contribution in [1.82, 2.24) is 25.9 Å². The molecule has 1 atom stereocenters. The zero-order chi connectivity index (χ0) is 15.1. The summed E-state index contributed by atoms with van der Waals surface area (Å²) in [6.45, 7) is 2.16. The molecule has 0 bridgehead atoms. The number of rotatable bonds is 7. The molecule has 1 aromatic heterocycles. The fourth-order valence-electron chi connectivity index (χ4n) is 1.68. The maximum Gasteiger partial charge on any atom is 0.220 e. The van der Waals surface area contributed by atoms with Crippen LogP contribution in [-0.4, -0.2) is 33.1 Å². The molecule has 0 saturated carbocycles. The molecule has 0 aliphatic rings. The van der Waals surface area contributed by atoms with Crippen LogP contribution in [0.1, 0.15) is 31.6 Å². The standard InChI is InChI=1S/C13H16FN5O2/c1-9(13-16-18-19-17-13)15-12(20)3-2-8-21-11-6-4-10(14)5-7-11/h4-7,9H,2-3,8H2,1H3,(H,15,20)(H,16,17,18,19). The van der Waals surface area contributed by atoms with E-state index in [-0.39, 0.29) is 17.8 Å². The van der Waals surface area contributed by atoms with E-state index in [0.29, 0.717) is 31.0 Å². The molecule has 2 aromatic rings. The number of H-pyrrole nitrogens is 1. The van der Waals surface area contributed by atoms with Crippen molar-refractivity contribution in [2.24, 2.45) is 0 Å². The topological polar surface area (TPSA) is 92.8 Å². The molecular weight excluding hydrogens is 277 g/mol. The van der Waals surface area contributed by atoms with Gasteiger partial charge in [-0.3, -0.25) is 4.79 Å². The highest BCUT2D eigenvalue weighted by Crippen LogP contribution is 2.11. The Morgan fingerprint density at radius 3 is 2.86 bits per heavy atom. The van der Waals surface area contributed by atoms with Crippen molar-refractivity contribution in [3.63, 3.8) is 0 Å². The van der Waals surface area contributed by atoms with Gasteiger partial charge in [0.1, 0.15) is 11.6 Å². The lowest BCUT2D eigenvalue weighted by Gasteiger charge is -2.10. The van der Waals surface area contributed by atoms with Gasteiger partial charge in [-0.1, -0.05) is 5.21 Å². The van der Waals surface area contributed by atoms with Crippen LogP contribution in [0.25, 0.3) is 0 Å². The lowest BCUT2D eigenvalue weighted by Crippen LogP contribution is -2.27. The molecule has 2 N–H and O–H groups in total. The maximum absolute atomic E-state index is 12.7. The predicted molar refractivity (Wildman–Crippen MR) is 71.9 cm³/mol. The number of nitrogens with zero attached hydrogens (tertiary/aromatic N) is 3. The molecule has 1 aromatic carbocycles. The molecule has 7 nitrogen and oxygen atoms in total. The molecule has 0 fully saturated rings. The fraction of sp³-hybridized carbons (Fsp3) is 0.385. The van der Waals surface area contributed by atoms with Crippen LogP contribution in [0, 0.1) is 5.82 Å². The maximum atomic E-state index is 12.7. The van der Waals surface area contributed by atoms with Gasteiger partial charge in [0, 0.05) is 6.42 Å². The van der Waals surface area contributed by atoms with Crippen molar-refractivity contribution in [2.75, 3.05) is 6.61 Å². The van der Waals surface area contributed by atoms with E-state index in [0.717, 1.165) is 0 Å². The molecule has 0 aliphatic carbocycles. The summed E-state index contributed by atoms with van der Waals surface area (Å²) in [5.74, 6) is 0.593. The normalized spacial score (nSPS) is 11.9. The second kappa shape index (κ2) is 7.32. The first-order chi connectivity index (χ1) is 10.1. The van der Waals surface area contributed by atoms with Crippen molar-refractivity contribution in [2.45, 2.75) is 25.8 Å². The van der Waals surface area contributed by atoms with Gasteiger partial charge in [-0.15, -0.1) is 10.2 Å². The number of tetrazole rings is 1. The predicted octanol–water partition coefficient (Wildman–Crippen LogP) is 1.38. The first kappa shape index (κ1) is 14.9. The highest BCUT2D eigenvalue weighted by atomic mass is 19.1. The van der Waals surface area contributed by atoms with Crippen LogP contribution in [0.15, 0.2) is 24.3 Å². The summed E-state index contributed by atoms with van der Waals surface area (Å²) in [4.78, 5) is 11.7. The van der Waals surface area contributed by atoms with Crippen LogP contribution in [0.3, 0.4) is 0 Å². The number of hydrogen-bond acceptors (Lipinski definition) is 5. The summed E-state index contributed by atoms with van der Waals surface area (Å²) in [5.41, 5.74) is 0. The molecule has 21 heavy (non-hydrogen) atoms. The summed E-state index contributed by atoms with van der Waals surface area (Å²) in [7, 11) is 0. The largest absolute Gasteiger partial charge is 0.494 e. The molecule has 0 spiro atoms. The Morgan fingerprint density at radius 1 is 1.43 bits per heavy atom. The molecule has 0 saturated heterocycles. The van der Waals surface area contributed by atoms with Crippen LogP contribution in [0.2, 0.25) is 0 Å². The highest BCUT2D eigenvalue weighted by Gasteiger charge is 2.12. The molecule has 1 unspecified atom stereocenters. The smallest absolute Gasteiger partial charge is 0.220 e. The fourth-order valence-corrected chi connectivity index (χ4v) is 1.68. The lowest BCUT2D eigenvalue weighted by atomic mass is 10.2. The quantitative estimate of drug-likeness (QED) is 0.752. The number of benzene rings is 1. The van der Waals surface area contributed by atoms with Crippen molar-refractivity contribution in [1.29, 1.82) is 0 Å². The number of amides is 1. The van der Waals surface area contributed by atoms with Crippen LogP contribution < -0.4 is 10.1 Å². The zero-order valence-corrected chi connectivity index (χ0v) is 11.5. The van der Waals surface area contributed by atoms with E-state index in [1.54, 1.807) is 19.1 Å². The number of hydrogen-bond donors (Lipinski definition) is 2. The monoisotopic (exact) mass is 293 g/mol. The summed E-state index contributed by atoms with van der Waals surface area (Å²) in [6.07, 6.45) is 0.881. The molecule has 8 heteroatoms. The van der Waals surface area contributed by atoms with Crippen LogP contribution in [-0.2, 0) is 4.79 Å². The van der Waals surface area contributed by atoms with Crippen LogP contribution in [0.5, 0.6) is 5.75 Å². The molecule has 2 rings (SSSR count). The molecule has 112 valence electrons. The molecule has 1 heterocycles. The number of aromatic nitrogens is 4. The minimum absolute atomic E-state index is 0.116. The van der Waals surface area contributed by atoms with Crippen molar-refractivity contribution in [3.8, 4) is 5.75 Å². The Labute approximate surface area is 120 Å². The molecule has 0 aliphatic heterocycles. The van der Waals surface area contributed by atoms with Crippen molar-refractivity contribution < 1.29 is 13.9 Å². The molecular formula is C13H16FN5O2. The van der Waals surface area contributed by atoms with Crippen LogP contribution in [0.4, 0.5) is 4.39 Å². The Kier molecular flexibility index (Phi) is 5.19. The Hall–Kier alpha value is -2.51. The average molecular weight is 293 g/mol. The second-order valence-electron chi connectivity index (χ2n) is 4.47. The second-order valence-corrected chi connectivity index (χ2v) is 4.47.